The molecule has 0 amide bonds. The monoisotopic (exact) mass is 266 g/mol. The molecular weight excluding hydrogens is 252 g/mol. The Kier molecular flexibility index (Phi) is 4.17. The minimum absolute atomic E-state index is 0.0383. The van der Waals surface area contributed by atoms with E-state index in [9.17, 15) is 9.59 Å². The molecule has 2 aromatic heterocycles. The standard InChI is InChI=1S/C12H14N2O5/c1-2-3-6-18-10(15)8-14-12(16)19-11(13-14)9-5-4-7-17-9/h4-5,7H,2-3,6,8H2,1H3. The van der Waals surface area contributed by atoms with Gasteiger partial charge in [0.15, 0.2) is 5.76 Å². The highest BCUT2D eigenvalue weighted by Gasteiger charge is 2.15. The SMILES string of the molecule is CCCCOC(=O)Cn1nc(-c2ccco2)oc1=O. The minimum atomic E-state index is -0.723. The van der Waals surface area contributed by atoms with Crippen LogP contribution < -0.4 is 5.76 Å². The fourth-order valence-electron chi connectivity index (χ4n) is 1.40. The molecule has 0 radical (unpaired) electrons. The van der Waals surface area contributed by atoms with Crippen molar-refractivity contribution in [2.75, 3.05) is 6.61 Å². The van der Waals surface area contributed by atoms with Crippen LogP contribution in [0.15, 0.2) is 32.0 Å². The average molecular weight is 266 g/mol. The van der Waals surface area contributed by atoms with Crippen molar-refractivity contribution < 1.29 is 18.4 Å². The van der Waals surface area contributed by atoms with Gasteiger partial charge in [0.25, 0.3) is 5.89 Å². The van der Waals surface area contributed by atoms with E-state index in [-0.39, 0.29) is 12.4 Å². The molecule has 2 heterocycles. The number of hydrogen-bond donors (Lipinski definition) is 0. The lowest BCUT2D eigenvalue weighted by molar-refractivity contribution is -0.144. The van der Waals surface area contributed by atoms with Crippen LogP contribution in [0.4, 0.5) is 0 Å². The molecule has 19 heavy (non-hydrogen) atoms. The second-order valence-electron chi connectivity index (χ2n) is 3.88. The summed E-state index contributed by atoms with van der Waals surface area (Å²) in [5.74, 6) is -0.875. The van der Waals surface area contributed by atoms with Crippen molar-refractivity contribution in [3.05, 3.63) is 28.9 Å². The molecule has 7 heteroatoms. The van der Waals surface area contributed by atoms with E-state index in [1.54, 1.807) is 12.1 Å². The van der Waals surface area contributed by atoms with Crippen molar-refractivity contribution in [3.63, 3.8) is 0 Å². The lowest BCUT2D eigenvalue weighted by Crippen LogP contribution is -2.23. The van der Waals surface area contributed by atoms with E-state index in [1.165, 1.54) is 6.26 Å². The summed E-state index contributed by atoms with van der Waals surface area (Å²) in [6.45, 7) is 2.06. The molecule has 0 bridgehead atoms. The van der Waals surface area contributed by atoms with E-state index in [2.05, 4.69) is 5.10 Å². The lowest BCUT2D eigenvalue weighted by Gasteiger charge is -2.01. The summed E-state index contributed by atoms with van der Waals surface area (Å²) in [6.07, 6.45) is 3.16. The first kappa shape index (κ1) is 13.1. The molecule has 0 unspecified atom stereocenters. The average Bonchev–Trinajstić information content (AvgIpc) is 3.00. The van der Waals surface area contributed by atoms with Gasteiger partial charge in [-0.2, -0.15) is 4.68 Å². The lowest BCUT2D eigenvalue weighted by atomic mass is 10.4. The molecule has 2 rings (SSSR count). The van der Waals surface area contributed by atoms with Crippen LogP contribution in [0.2, 0.25) is 0 Å². The predicted octanol–water partition coefficient (Wildman–Crippen LogP) is 1.44. The molecule has 102 valence electrons. The Morgan fingerprint density at radius 2 is 2.37 bits per heavy atom. The van der Waals surface area contributed by atoms with Gasteiger partial charge in [-0.05, 0) is 18.6 Å². The molecular formula is C12H14N2O5. The smallest absolute Gasteiger partial charge is 0.438 e. The zero-order valence-corrected chi connectivity index (χ0v) is 10.5. The Morgan fingerprint density at radius 3 is 3.05 bits per heavy atom. The number of rotatable bonds is 6. The van der Waals surface area contributed by atoms with Crippen molar-refractivity contribution in [1.29, 1.82) is 0 Å². The molecule has 0 saturated carbocycles. The maximum absolute atomic E-state index is 11.5. The summed E-state index contributed by atoms with van der Waals surface area (Å²) >= 11 is 0. The molecule has 0 atom stereocenters. The molecule has 0 aliphatic rings. The van der Waals surface area contributed by atoms with Crippen molar-refractivity contribution in [2.45, 2.75) is 26.3 Å². The van der Waals surface area contributed by atoms with Gasteiger partial charge in [0.1, 0.15) is 6.54 Å². The van der Waals surface area contributed by atoms with Crippen molar-refractivity contribution in [3.8, 4) is 11.7 Å². The second kappa shape index (κ2) is 6.03. The van der Waals surface area contributed by atoms with Gasteiger partial charge in [0, 0.05) is 0 Å². The number of aromatic nitrogens is 2. The number of hydrogen-bond acceptors (Lipinski definition) is 6. The summed E-state index contributed by atoms with van der Waals surface area (Å²) in [5, 5.41) is 3.86. The molecule has 0 aromatic carbocycles. The fraction of sp³-hybridized carbons (Fsp3) is 0.417. The van der Waals surface area contributed by atoms with Crippen LogP contribution in [0.5, 0.6) is 0 Å². The molecule has 0 N–H and O–H groups in total. The topological polar surface area (TPSA) is 87.5 Å². The van der Waals surface area contributed by atoms with Crippen LogP contribution in [0.1, 0.15) is 19.8 Å². The van der Waals surface area contributed by atoms with Crippen LogP contribution in [0.25, 0.3) is 11.7 Å². The predicted molar refractivity (Wildman–Crippen MR) is 64.3 cm³/mol. The van der Waals surface area contributed by atoms with E-state index in [0.29, 0.717) is 12.4 Å². The largest absolute Gasteiger partial charge is 0.464 e. The molecule has 0 aliphatic carbocycles. The fourth-order valence-corrected chi connectivity index (χ4v) is 1.40. The number of carbonyl (C=O) groups excluding carboxylic acids is 1. The molecule has 0 aliphatic heterocycles. The van der Waals surface area contributed by atoms with Gasteiger partial charge in [-0.1, -0.05) is 13.3 Å². The first-order valence-corrected chi connectivity index (χ1v) is 5.98. The first-order chi connectivity index (χ1) is 9.20. The summed E-state index contributed by atoms with van der Waals surface area (Å²) < 4.78 is 15.8. The van der Waals surface area contributed by atoms with Crippen LogP contribution in [0, 0.1) is 0 Å². The molecule has 0 spiro atoms. The highest BCUT2D eigenvalue weighted by Crippen LogP contribution is 2.14. The van der Waals surface area contributed by atoms with Crippen LogP contribution in [0.3, 0.4) is 0 Å². The number of nitrogens with zero attached hydrogens (tertiary/aromatic N) is 2. The van der Waals surface area contributed by atoms with Gasteiger partial charge < -0.3 is 13.6 Å². The molecule has 7 nitrogen and oxygen atoms in total. The van der Waals surface area contributed by atoms with Crippen molar-refractivity contribution >= 4 is 5.97 Å². The number of carbonyl (C=O) groups is 1. The van der Waals surface area contributed by atoms with Crippen molar-refractivity contribution in [2.24, 2.45) is 0 Å². The van der Waals surface area contributed by atoms with E-state index in [1.807, 2.05) is 6.92 Å². The first-order valence-electron chi connectivity index (χ1n) is 5.98. The Morgan fingerprint density at radius 1 is 1.53 bits per heavy atom. The maximum atomic E-state index is 11.5. The molecule has 0 saturated heterocycles. The highest BCUT2D eigenvalue weighted by atomic mass is 16.5. The number of unbranched alkanes of at least 4 members (excludes halogenated alkanes) is 1. The van der Waals surface area contributed by atoms with Crippen LogP contribution in [-0.4, -0.2) is 22.4 Å². The Balaban J connectivity index is 2.01. The van der Waals surface area contributed by atoms with Crippen molar-refractivity contribution in [1.82, 2.24) is 9.78 Å². The zero-order valence-electron chi connectivity index (χ0n) is 10.5. The summed E-state index contributed by atoms with van der Waals surface area (Å²) in [7, 11) is 0. The van der Waals surface area contributed by atoms with Gasteiger partial charge in [-0.25, -0.2) is 4.79 Å². The highest BCUT2D eigenvalue weighted by molar-refractivity contribution is 5.69. The maximum Gasteiger partial charge on any atom is 0.438 e. The van der Waals surface area contributed by atoms with Gasteiger partial charge in [-0.3, -0.25) is 4.79 Å². The Labute approximate surface area is 108 Å². The van der Waals surface area contributed by atoms with Gasteiger partial charge in [-0.15, -0.1) is 5.10 Å². The van der Waals surface area contributed by atoms with E-state index in [0.717, 1.165) is 17.5 Å². The summed E-state index contributed by atoms with van der Waals surface area (Å²) in [5.41, 5.74) is 0. The number of esters is 1. The third-order valence-corrected chi connectivity index (χ3v) is 2.38. The molecule has 2 aromatic rings. The molecule has 0 fully saturated rings. The zero-order chi connectivity index (χ0) is 13.7. The third-order valence-electron chi connectivity index (χ3n) is 2.38. The normalized spacial score (nSPS) is 10.6. The second-order valence-corrected chi connectivity index (χ2v) is 3.88. The van der Waals surface area contributed by atoms with E-state index in [4.69, 9.17) is 13.6 Å². The van der Waals surface area contributed by atoms with E-state index >= 15 is 0 Å². The summed E-state index contributed by atoms with van der Waals surface area (Å²) in [6, 6.07) is 3.25. The van der Waals surface area contributed by atoms with Gasteiger partial charge in [0.2, 0.25) is 0 Å². The number of ether oxygens (including phenoxy) is 1. The number of furan rings is 1. The van der Waals surface area contributed by atoms with E-state index < -0.39 is 11.7 Å². The third kappa shape index (κ3) is 3.34. The quantitative estimate of drug-likeness (QED) is 0.580. The minimum Gasteiger partial charge on any atom is -0.464 e. The van der Waals surface area contributed by atoms with Gasteiger partial charge >= 0.3 is 11.7 Å². The van der Waals surface area contributed by atoms with Gasteiger partial charge in [0.05, 0.1) is 12.9 Å². The summed E-state index contributed by atoms with van der Waals surface area (Å²) in [4.78, 5) is 22.9. The van der Waals surface area contributed by atoms with Crippen LogP contribution >= 0.6 is 0 Å². The Bertz CT molecular complexity index is 582. The van der Waals surface area contributed by atoms with Crippen LogP contribution in [-0.2, 0) is 16.1 Å². The Hall–Kier alpha value is -2.31.